The van der Waals surface area contributed by atoms with Crippen molar-refractivity contribution in [2.45, 2.75) is 45.4 Å². The Hall–Kier alpha value is -0.690. The summed E-state index contributed by atoms with van der Waals surface area (Å²) in [5.41, 5.74) is -1.25. The van der Waals surface area contributed by atoms with E-state index in [-0.39, 0.29) is 12.5 Å². The lowest BCUT2D eigenvalue weighted by molar-refractivity contribution is -0.375. The SMILES string of the molecule is CC(C)COC(=O)C1(C)CCC(OO)N1[O]. The van der Waals surface area contributed by atoms with E-state index in [0.29, 0.717) is 17.9 Å². The predicted molar refractivity (Wildman–Crippen MR) is 53.5 cm³/mol. The zero-order valence-electron chi connectivity index (χ0n) is 9.80. The van der Waals surface area contributed by atoms with Crippen LogP contribution in [0.25, 0.3) is 0 Å². The summed E-state index contributed by atoms with van der Waals surface area (Å²) in [4.78, 5) is 15.7. The minimum absolute atomic E-state index is 0.221. The van der Waals surface area contributed by atoms with E-state index in [1.165, 1.54) is 6.92 Å². The molecule has 0 amide bonds. The Morgan fingerprint density at radius 3 is 2.69 bits per heavy atom. The fourth-order valence-electron chi connectivity index (χ4n) is 1.64. The number of rotatable bonds is 4. The van der Waals surface area contributed by atoms with Gasteiger partial charge in [-0.05, 0) is 25.7 Å². The molecule has 6 nitrogen and oxygen atoms in total. The van der Waals surface area contributed by atoms with Crippen LogP contribution < -0.4 is 0 Å². The van der Waals surface area contributed by atoms with E-state index < -0.39 is 17.7 Å². The molecule has 1 heterocycles. The first kappa shape index (κ1) is 13.4. The molecule has 0 saturated carbocycles. The Morgan fingerprint density at radius 1 is 1.62 bits per heavy atom. The Labute approximate surface area is 94.6 Å². The monoisotopic (exact) mass is 232 g/mol. The highest BCUT2D eigenvalue weighted by Gasteiger charge is 2.51. The number of hydrogen-bond donors (Lipinski definition) is 1. The predicted octanol–water partition coefficient (Wildman–Crippen LogP) is 1.20. The van der Waals surface area contributed by atoms with Crippen molar-refractivity contribution in [1.82, 2.24) is 5.06 Å². The first-order valence-electron chi connectivity index (χ1n) is 5.35. The maximum atomic E-state index is 11.7. The molecule has 0 bridgehead atoms. The summed E-state index contributed by atoms with van der Waals surface area (Å²) in [6.07, 6.45) is -0.344. The quantitative estimate of drug-likeness (QED) is 0.447. The van der Waals surface area contributed by atoms with Gasteiger partial charge in [-0.25, -0.2) is 9.68 Å². The van der Waals surface area contributed by atoms with Crippen LogP contribution in [0.4, 0.5) is 0 Å². The van der Waals surface area contributed by atoms with E-state index in [1.54, 1.807) is 0 Å². The van der Waals surface area contributed by atoms with Crippen molar-refractivity contribution in [2.75, 3.05) is 6.61 Å². The summed E-state index contributed by atoms with van der Waals surface area (Å²) in [6, 6.07) is 0. The first-order valence-corrected chi connectivity index (χ1v) is 5.35. The summed E-state index contributed by atoms with van der Waals surface area (Å²) in [5.74, 6) is -0.338. The maximum Gasteiger partial charge on any atom is 0.328 e. The fraction of sp³-hybridized carbons (Fsp3) is 0.900. The van der Waals surface area contributed by atoms with Gasteiger partial charge in [0.1, 0.15) is 5.54 Å². The first-order chi connectivity index (χ1) is 7.41. The minimum atomic E-state index is -1.25. The van der Waals surface area contributed by atoms with Crippen LogP contribution in [0, 0.1) is 5.92 Å². The molecule has 0 aromatic carbocycles. The van der Waals surface area contributed by atoms with Crippen molar-refractivity contribution in [2.24, 2.45) is 5.92 Å². The van der Waals surface area contributed by atoms with Crippen LogP contribution in [0.3, 0.4) is 0 Å². The summed E-state index contributed by atoms with van der Waals surface area (Å²) >= 11 is 0. The van der Waals surface area contributed by atoms with Gasteiger partial charge >= 0.3 is 5.97 Å². The van der Waals surface area contributed by atoms with Crippen molar-refractivity contribution < 1.29 is 24.9 Å². The zero-order chi connectivity index (χ0) is 12.3. The number of hydrogen-bond acceptors (Lipinski definition) is 5. The van der Waals surface area contributed by atoms with Crippen LogP contribution in [0.15, 0.2) is 0 Å². The average Bonchev–Trinajstić information content (AvgIpc) is 2.53. The van der Waals surface area contributed by atoms with Gasteiger partial charge in [-0.2, -0.15) is 0 Å². The lowest BCUT2D eigenvalue weighted by atomic mass is 10.0. The van der Waals surface area contributed by atoms with E-state index >= 15 is 0 Å². The molecule has 1 fully saturated rings. The molecule has 93 valence electrons. The van der Waals surface area contributed by atoms with Gasteiger partial charge in [0.15, 0.2) is 6.23 Å². The van der Waals surface area contributed by atoms with Gasteiger partial charge in [-0.15, -0.1) is 10.3 Å². The molecule has 0 aliphatic carbocycles. The number of carbonyl (C=O) groups is 1. The van der Waals surface area contributed by atoms with Gasteiger partial charge in [-0.1, -0.05) is 13.8 Å². The Morgan fingerprint density at radius 2 is 2.25 bits per heavy atom. The second-order valence-corrected chi connectivity index (χ2v) is 4.69. The number of hydroxylamine groups is 2. The lowest BCUT2D eigenvalue weighted by Crippen LogP contribution is -2.49. The summed E-state index contributed by atoms with van der Waals surface area (Å²) in [5, 5.41) is 20.6. The van der Waals surface area contributed by atoms with Crippen LogP contribution >= 0.6 is 0 Å². The van der Waals surface area contributed by atoms with Crippen LogP contribution in [0.5, 0.6) is 0 Å². The smallest absolute Gasteiger partial charge is 0.328 e. The maximum absolute atomic E-state index is 11.7. The third kappa shape index (κ3) is 2.52. The summed E-state index contributed by atoms with van der Waals surface area (Å²) in [6.45, 7) is 5.62. The summed E-state index contributed by atoms with van der Waals surface area (Å²) in [7, 11) is 0. The second-order valence-electron chi connectivity index (χ2n) is 4.69. The van der Waals surface area contributed by atoms with E-state index in [1.807, 2.05) is 13.8 Å². The Balaban J connectivity index is 2.60. The highest BCUT2D eigenvalue weighted by Crippen LogP contribution is 2.33. The van der Waals surface area contributed by atoms with E-state index in [9.17, 15) is 10.0 Å². The molecule has 6 heteroatoms. The fourth-order valence-corrected chi connectivity index (χ4v) is 1.64. The molecule has 0 aromatic rings. The van der Waals surface area contributed by atoms with Gasteiger partial charge < -0.3 is 4.74 Å². The Bertz CT molecular complexity index is 258. The molecule has 2 atom stereocenters. The van der Waals surface area contributed by atoms with Crippen molar-refractivity contribution in [1.29, 1.82) is 0 Å². The molecule has 2 unspecified atom stereocenters. The number of nitrogens with zero attached hydrogens (tertiary/aromatic N) is 1. The van der Waals surface area contributed by atoms with Gasteiger partial charge in [0.2, 0.25) is 0 Å². The van der Waals surface area contributed by atoms with E-state index in [0.717, 1.165) is 0 Å². The van der Waals surface area contributed by atoms with Crippen molar-refractivity contribution in [3.8, 4) is 0 Å². The third-order valence-corrected chi connectivity index (χ3v) is 2.74. The molecule has 0 aromatic heterocycles. The van der Waals surface area contributed by atoms with Crippen molar-refractivity contribution in [3.63, 3.8) is 0 Å². The average molecular weight is 232 g/mol. The van der Waals surface area contributed by atoms with Gasteiger partial charge in [0, 0.05) is 0 Å². The standard InChI is InChI=1S/C10H18NO5/c1-7(2)6-15-9(12)10(3)5-4-8(16-14)11(10)13/h7-8,14H,4-6H2,1-3H3. The molecule has 1 aliphatic heterocycles. The highest BCUT2D eigenvalue weighted by atomic mass is 17.1. The lowest BCUT2D eigenvalue weighted by Gasteiger charge is -2.27. The zero-order valence-corrected chi connectivity index (χ0v) is 9.80. The molecule has 1 radical (unpaired) electrons. The topological polar surface area (TPSA) is 78.9 Å². The second kappa shape index (κ2) is 5.09. The molecule has 1 saturated heterocycles. The molecule has 1 N–H and O–H groups in total. The van der Waals surface area contributed by atoms with Crippen LogP contribution in [0.1, 0.15) is 33.6 Å². The number of carbonyl (C=O) groups excluding carboxylic acids is 1. The van der Waals surface area contributed by atoms with Crippen molar-refractivity contribution in [3.05, 3.63) is 0 Å². The van der Waals surface area contributed by atoms with Gasteiger partial charge in [0.05, 0.1) is 6.61 Å². The van der Waals surface area contributed by atoms with E-state index in [2.05, 4.69) is 4.89 Å². The molecular weight excluding hydrogens is 214 g/mol. The minimum Gasteiger partial charge on any atom is -0.464 e. The third-order valence-electron chi connectivity index (χ3n) is 2.74. The Kier molecular flexibility index (Phi) is 4.26. The highest BCUT2D eigenvalue weighted by molar-refractivity contribution is 5.80. The number of ether oxygens (including phenoxy) is 1. The largest absolute Gasteiger partial charge is 0.464 e. The van der Waals surface area contributed by atoms with Gasteiger partial charge in [0.25, 0.3) is 0 Å². The molecule has 1 aliphatic rings. The molecule has 1 rings (SSSR count). The molecule has 16 heavy (non-hydrogen) atoms. The number of esters is 1. The van der Waals surface area contributed by atoms with Crippen LogP contribution in [-0.4, -0.2) is 34.7 Å². The van der Waals surface area contributed by atoms with Crippen LogP contribution in [0.2, 0.25) is 0 Å². The van der Waals surface area contributed by atoms with Gasteiger partial charge in [-0.3, -0.25) is 5.26 Å². The van der Waals surface area contributed by atoms with Crippen molar-refractivity contribution >= 4 is 5.97 Å². The molecular formula is C10H18NO5. The van der Waals surface area contributed by atoms with E-state index in [4.69, 9.17) is 9.99 Å². The molecule has 0 spiro atoms. The normalized spacial score (nSPS) is 31.0. The van der Waals surface area contributed by atoms with Crippen LogP contribution in [-0.2, 0) is 19.6 Å². The summed E-state index contributed by atoms with van der Waals surface area (Å²) < 4.78 is 5.04.